The molecule has 2 heterocycles. The number of nitrogens with zero attached hydrogens (tertiary/aromatic N) is 1. The summed E-state index contributed by atoms with van der Waals surface area (Å²) in [5.41, 5.74) is 1.31. The maximum absolute atomic E-state index is 12.5. The van der Waals surface area contributed by atoms with Gasteiger partial charge in [0.2, 0.25) is 0 Å². The van der Waals surface area contributed by atoms with E-state index in [9.17, 15) is 9.59 Å². The van der Waals surface area contributed by atoms with E-state index >= 15 is 0 Å². The van der Waals surface area contributed by atoms with Crippen LogP contribution in [0.5, 0.6) is 5.75 Å². The van der Waals surface area contributed by atoms with E-state index in [1.54, 1.807) is 0 Å². The van der Waals surface area contributed by atoms with Gasteiger partial charge in [0.05, 0.1) is 16.9 Å². The Morgan fingerprint density at radius 1 is 1.31 bits per heavy atom. The van der Waals surface area contributed by atoms with Gasteiger partial charge in [-0.3, -0.25) is 4.79 Å². The Morgan fingerprint density at radius 2 is 2.07 bits per heavy atom. The predicted molar refractivity (Wildman–Crippen MR) is 111 cm³/mol. The van der Waals surface area contributed by atoms with Gasteiger partial charge < -0.3 is 20.1 Å². The second-order valence-electron chi connectivity index (χ2n) is 8.50. The minimum absolute atomic E-state index is 0.0338. The van der Waals surface area contributed by atoms with Gasteiger partial charge in [-0.05, 0) is 51.8 Å². The van der Waals surface area contributed by atoms with E-state index in [0.717, 1.165) is 41.9 Å². The first-order valence-electron chi connectivity index (χ1n) is 9.78. The number of benzene rings is 1. The number of ether oxygens (including phenoxy) is 2. The average Bonchev–Trinajstić information content (AvgIpc) is 3.29. The number of anilines is 1. The SMILES string of the molecule is CC(C)(C)OC(=O)NC1(c2nc(-c3ccc4c(c3)NC(=O)CO4)cs2)CCCC1. The third kappa shape index (κ3) is 4.22. The molecule has 1 saturated carbocycles. The third-order valence-electron chi connectivity index (χ3n) is 5.02. The van der Waals surface area contributed by atoms with Gasteiger partial charge in [0.25, 0.3) is 5.91 Å². The van der Waals surface area contributed by atoms with Crippen LogP contribution in [0.2, 0.25) is 0 Å². The predicted octanol–water partition coefficient (Wildman–Crippen LogP) is 4.44. The molecule has 0 unspecified atom stereocenters. The van der Waals surface area contributed by atoms with Crippen molar-refractivity contribution in [1.82, 2.24) is 10.3 Å². The minimum atomic E-state index is -0.548. The Bertz CT molecular complexity index is 942. The molecule has 7 nitrogen and oxygen atoms in total. The number of carbonyl (C=O) groups excluding carboxylic acids is 2. The summed E-state index contributed by atoms with van der Waals surface area (Å²) in [4.78, 5) is 28.9. The molecule has 1 fully saturated rings. The summed E-state index contributed by atoms with van der Waals surface area (Å²) >= 11 is 1.54. The number of thiazole rings is 1. The molecule has 1 aliphatic carbocycles. The maximum atomic E-state index is 12.5. The Labute approximate surface area is 173 Å². The zero-order chi connectivity index (χ0) is 20.6. The van der Waals surface area contributed by atoms with Crippen LogP contribution in [-0.2, 0) is 15.1 Å². The van der Waals surface area contributed by atoms with Crippen LogP contribution in [0.4, 0.5) is 10.5 Å². The average molecular weight is 416 g/mol. The quantitative estimate of drug-likeness (QED) is 0.774. The summed E-state index contributed by atoms with van der Waals surface area (Å²) in [6.45, 7) is 5.60. The van der Waals surface area contributed by atoms with Crippen LogP contribution >= 0.6 is 11.3 Å². The van der Waals surface area contributed by atoms with Gasteiger partial charge in [0.1, 0.15) is 16.4 Å². The highest BCUT2D eigenvalue weighted by molar-refractivity contribution is 7.10. The van der Waals surface area contributed by atoms with E-state index < -0.39 is 17.2 Å². The van der Waals surface area contributed by atoms with Crippen molar-refractivity contribution in [2.45, 2.75) is 57.6 Å². The number of hydrogen-bond donors (Lipinski definition) is 2. The number of carbonyl (C=O) groups is 2. The molecule has 8 heteroatoms. The molecule has 0 radical (unpaired) electrons. The van der Waals surface area contributed by atoms with Gasteiger partial charge in [0.15, 0.2) is 6.61 Å². The van der Waals surface area contributed by atoms with E-state index in [1.807, 2.05) is 44.4 Å². The highest BCUT2D eigenvalue weighted by atomic mass is 32.1. The fraction of sp³-hybridized carbons (Fsp3) is 0.476. The van der Waals surface area contributed by atoms with Gasteiger partial charge in [-0.2, -0.15) is 0 Å². The van der Waals surface area contributed by atoms with Crippen molar-refractivity contribution in [3.05, 3.63) is 28.6 Å². The summed E-state index contributed by atoms with van der Waals surface area (Å²) in [6, 6.07) is 5.64. The lowest BCUT2D eigenvalue weighted by Gasteiger charge is -2.30. The zero-order valence-corrected chi connectivity index (χ0v) is 17.6. The van der Waals surface area contributed by atoms with Crippen LogP contribution in [0, 0.1) is 0 Å². The second kappa shape index (κ2) is 7.33. The van der Waals surface area contributed by atoms with Crippen LogP contribution in [-0.4, -0.2) is 29.2 Å². The van der Waals surface area contributed by atoms with E-state index in [2.05, 4.69) is 10.6 Å². The molecule has 2 N–H and O–H groups in total. The number of rotatable bonds is 3. The Balaban J connectivity index is 1.59. The van der Waals surface area contributed by atoms with Crippen molar-refractivity contribution in [2.75, 3.05) is 11.9 Å². The highest BCUT2D eigenvalue weighted by Crippen LogP contribution is 2.42. The number of fused-ring (bicyclic) bond motifs is 1. The standard InChI is InChI=1S/C21H25N3O4S/c1-20(2,3)28-19(26)24-21(8-4-5-9-21)18-23-15(12-29-18)13-6-7-16-14(10-13)22-17(25)11-27-16/h6-7,10,12H,4-5,8-9,11H2,1-3H3,(H,22,25)(H,24,26). The number of aromatic nitrogens is 1. The lowest BCUT2D eigenvalue weighted by molar-refractivity contribution is -0.118. The lowest BCUT2D eigenvalue weighted by Crippen LogP contribution is -2.46. The summed E-state index contributed by atoms with van der Waals surface area (Å²) in [6.07, 6.45) is 3.34. The number of amides is 2. The molecule has 1 aromatic carbocycles. The molecule has 0 spiro atoms. The van der Waals surface area contributed by atoms with E-state index in [0.29, 0.717) is 11.4 Å². The molecular formula is C21H25N3O4S. The van der Waals surface area contributed by atoms with Crippen molar-refractivity contribution in [1.29, 1.82) is 0 Å². The molecule has 2 amide bonds. The van der Waals surface area contributed by atoms with Crippen molar-refractivity contribution < 1.29 is 19.1 Å². The third-order valence-corrected chi connectivity index (χ3v) is 6.07. The van der Waals surface area contributed by atoms with Gasteiger partial charge >= 0.3 is 6.09 Å². The van der Waals surface area contributed by atoms with Crippen LogP contribution in [0.3, 0.4) is 0 Å². The van der Waals surface area contributed by atoms with Crippen LogP contribution in [0.1, 0.15) is 51.5 Å². The second-order valence-corrected chi connectivity index (χ2v) is 9.36. The van der Waals surface area contributed by atoms with Gasteiger partial charge in [-0.1, -0.05) is 12.8 Å². The van der Waals surface area contributed by atoms with Crippen molar-refractivity contribution in [3.63, 3.8) is 0 Å². The number of hydrogen-bond acceptors (Lipinski definition) is 6. The molecule has 0 saturated heterocycles. The monoisotopic (exact) mass is 415 g/mol. The lowest BCUT2D eigenvalue weighted by atomic mass is 9.98. The summed E-state index contributed by atoms with van der Waals surface area (Å²) in [5.74, 6) is 0.489. The first-order chi connectivity index (χ1) is 13.7. The van der Waals surface area contributed by atoms with Gasteiger partial charge in [-0.15, -0.1) is 11.3 Å². The largest absolute Gasteiger partial charge is 0.482 e. The van der Waals surface area contributed by atoms with E-state index in [-0.39, 0.29) is 12.5 Å². The molecule has 4 rings (SSSR count). The molecular weight excluding hydrogens is 390 g/mol. The summed E-state index contributed by atoms with van der Waals surface area (Å²) < 4.78 is 10.9. The number of alkyl carbamates (subject to hydrolysis) is 1. The fourth-order valence-electron chi connectivity index (χ4n) is 3.74. The molecule has 154 valence electrons. The van der Waals surface area contributed by atoms with Crippen molar-refractivity contribution in [2.24, 2.45) is 0 Å². The normalized spacial score (nSPS) is 17.8. The van der Waals surface area contributed by atoms with Crippen LogP contribution in [0.15, 0.2) is 23.6 Å². The Kier molecular flexibility index (Phi) is 4.98. The van der Waals surface area contributed by atoms with E-state index in [4.69, 9.17) is 14.5 Å². The Hall–Kier alpha value is -2.61. The number of nitrogens with one attached hydrogen (secondary N) is 2. The first kappa shape index (κ1) is 19.7. The molecule has 1 aromatic heterocycles. The van der Waals surface area contributed by atoms with Crippen LogP contribution in [0.25, 0.3) is 11.3 Å². The molecule has 0 bridgehead atoms. The zero-order valence-electron chi connectivity index (χ0n) is 16.8. The molecule has 29 heavy (non-hydrogen) atoms. The summed E-state index contributed by atoms with van der Waals surface area (Å²) in [7, 11) is 0. The van der Waals surface area contributed by atoms with Crippen LogP contribution < -0.4 is 15.4 Å². The molecule has 2 aliphatic rings. The maximum Gasteiger partial charge on any atom is 0.408 e. The minimum Gasteiger partial charge on any atom is -0.482 e. The Morgan fingerprint density at radius 3 is 2.79 bits per heavy atom. The van der Waals surface area contributed by atoms with E-state index in [1.165, 1.54) is 11.3 Å². The van der Waals surface area contributed by atoms with Gasteiger partial charge in [0, 0.05) is 10.9 Å². The van der Waals surface area contributed by atoms with Crippen molar-refractivity contribution >= 4 is 29.0 Å². The highest BCUT2D eigenvalue weighted by Gasteiger charge is 2.41. The summed E-state index contributed by atoms with van der Waals surface area (Å²) in [5, 5.41) is 8.79. The first-order valence-corrected chi connectivity index (χ1v) is 10.7. The van der Waals surface area contributed by atoms with Crippen molar-refractivity contribution in [3.8, 4) is 17.0 Å². The topological polar surface area (TPSA) is 89.5 Å². The molecule has 2 aromatic rings. The smallest absolute Gasteiger partial charge is 0.408 e. The fourth-order valence-corrected chi connectivity index (χ4v) is 4.78. The molecule has 0 atom stereocenters. The molecule has 1 aliphatic heterocycles. The van der Waals surface area contributed by atoms with Gasteiger partial charge in [-0.25, -0.2) is 9.78 Å².